The topological polar surface area (TPSA) is 58.7 Å². The number of hydrogen-bond acceptors (Lipinski definition) is 5. The van der Waals surface area contributed by atoms with E-state index in [0.29, 0.717) is 28.8 Å². The van der Waals surface area contributed by atoms with Gasteiger partial charge in [-0.2, -0.15) is 20.5 Å². The van der Waals surface area contributed by atoms with Crippen LogP contribution < -0.4 is 4.74 Å². The third-order valence-corrected chi connectivity index (χ3v) is 6.07. The first kappa shape index (κ1) is 26.8. The molecule has 0 heterocycles. The number of halogens is 2. The van der Waals surface area contributed by atoms with Crippen LogP contribution >= 0.6 is 23.2 Å². The van der Waals surface area contributed by atoms with Gasteiger partial charge in [-0.15, -0.1) is 0 Å². The third kappa shape index (κ3) is 9.08. The fraction of sp³-hybridized carbons (Fsp3) is 0.357. The molecule has 0 saturated carbocycles. The van der Waals surface area contributed by atoms with Crippen LogP contribution in [0.1, 0.15) is 57.9 Å². The highest BCUT2D eigenvalue weighted by Gasteiger charge is 2.04. The molecule has 184 valence electrons. The Balaban J connectivity index is 1.55. The average Bonchev–Trinajstić information content (AvgIpc) is 2.87. The van der Waals surface area contributed by atoms with E-state index >= 15 is 0 Å². The summed E-state index contributed by atoms with van der Waals surface area (Å²) in [5.74, 6) is 0.670. The van der Waals surface area contributed by atoms with E-state index < -0.39 is 0 Å². The smallest absolute Gasteiger partial charge is 0.138 e. The molecule has 0 bridgehead atoms. The fourth-order valence-electron chi connectivity index (χ4n) is 3.39. The molecular formula is C28H32Cl2N4O. The van der Waals surface area contributed by atoms with Gasteiger partial charge in [-0.3, -0.25) is 0 Å². The lowest BCUT2D eigenvalue weighted by Gasteiger charge is -2.07. The van der Waals surface area contributed by atoms with Gasteiger partial charge in [0, 0.05) is 5.02 Å². The van der Waals surface area contributed by atoms with Gasteiger partial charge in [0.1, 0.15) is 5.75 Å². The third-order valence-electron chi connectivity index (χ3n) is 5.42. The number of rotatable bonds is 13. The summed E-state index contributed by atoms with van der Waals surface area (Å²) in [7, 11) is 0. The predicted octanol–water partition coefficient (Wildman–Crippen LogP) is 11.1. The number of aryl methyl sites for hydroxylation is 1. The van der Waals surface area contributed by atoms with Gasteiger partial charge in [0.05, 0.1) is 34.4 Å². The Morgan fingerprint density at radius 1 is 0.600 bits per heavy atom. The summed E-state index contributed by atoms with van der Waals surface area (Å²) in [5, 5.41) is 18.4. The Labute approximate surface area is 218 Å². The van der Waals surface area contributed by atoms with E-state index in [-0.39, 0.29) is 0 Å². The van der Waals surface area contributed by atoms with Crippen molar-refractivity contribution in [3.8, 4) is 5.75 Å². The van der Waals surface area contributed by atoms with Crippen molar-refractivity contribution in [2.24, 2.45) is 20.5 Å². The highest BCUT2D eigenvalue weighted by Crippen LogP contribution is 2.31. The van der Waals surface area contributed by atoms with Crippen molar-refractivity contribution >= 4 is 46.0 Å². The standard InChI is InChI=1S/C28H32Cl2N4O/c1-3-5-7-9-21-10-11-24(19-26(21)29)33-31-22-12-14-23(15-13-22)32-34-25-16-17-28(27(30)20-25)35-18-8-6-4-2/h10-17,19-20H,3-9,18H2,1-2H3. The molecule has 5 nitrogen and oxygen atoms in total. The number of azo groups is 2. The lowest BCUT2D eigenvalue weighted by molar-refractivity contribution is 0.306. The van der Waals surface area contributed by atoms with Crippen molar-refractivity contribution in [3.63, 3.8) is 0 Å². The van der Waals surface area contributed by atoms with E-state index in [0.717, 1.165) is 54.1 Å². The van der Waals surface area contributed by atoms with Crippen LogP contribution in [-0.2, 0) is 6.42 Å². The van der Waals surface area contributed by atoms with E-state index in [4.69, 9.17) is 27.9 Å². The zero-order chi connectivity index (χ0) is 24.9. The molecule has 0 aliphatic carbocycles. The molecule has 3 rings (SSSR count). The number of nitrogens with zero attached hydrogens (tertiary/aromatic N) is 4. The fourth-order valence-corrected chi connectivity index (χ4v) is 3.89. The summed E-state index contributed by atoms with van der Waals surface area (Å²) < 4.78 is 5.73. The summed E-state index contributed by atoms with van der Waals surface area (Å²) in [6.07, 6.45) is 7.85. The monoisotopic (exact) mass is 510 g/mol. The molecule has 0 amide bonds. The van der Waals surface area contributed by atoms with Crippen molar-refractivity contribution in [1.82, 2.24) is 0 Å². The Bertz CT molecular complexity index is 1130. The molecule has 0 aliphatic heterocycles. The minimum atomic E-state index is 0.530. The van der Waals surface area contributed by atoms with E-state index in [9.17, 15) is 0 Å². The Kier molecular flexibility index (Phi) is 11.2. The van der Waals surface area contributed by atoms with Crippen molar-refractivity contribution in [1.29, 1.82) is 0 Å². The van der Waals surface area contributed by atoms with Crippen LogP contribution in [-0.4, -0.2) is 6.61 Å². The minimum Gasteiger partial charge on any atom is -0.492 e. The average molecular weight is 511 g/mol. The minimum absolute atomic E-state index is 0.530. The maximum Gasteiger partial charge on any atom is 0.138 e. The van der Waals surface area contributed by atoms with Gasteiger partial charge in [0.25, 0.3) is 0 Å². The summed E-state index contributed by atoms with van der Waals surface area (Å²) in [6.45, 7) is 5.02. The van der Waals surface area contributed by atoms with Gasteiger partial charge in [-0.1, -0.05) is 68.8 Å². The lowest BCUT2D eigenvalue weighted by Crippen LogP contribution is -1.97. The van der Waals surface area contributed by atoms with Crippen molar-refractivity contribution in [2.45, 2.75) is 58.8 Å². The Morgan fingerprint density at radius 2 is 1.11 bits per heavy atom. The van der Waals surface area contributed by atoms with Crippen LogP contribution in [0.2, 0.25) is 10.0 Å². The van der Waals surface area contributed by atoms with Crippen LogP contribution in [0.15, 0.2) is 81.1 Å². The van der Waals surface area contributed by atoms with Crippen LogP contribution in [0.3, 0.4) is 0 Å². The second kappa shape index (κ2) is 14.6. The number of ether oxygens (including phenoxy) is 1. The lowest BCUT2D eigenvalue weighted by atomic mass is 10.1. The maximum atomic E-state index is 6.41. The molecule has 7 heteroatoms. The van der Waals surface area contributed by atoms with Gasteiger partial charge < -0.3 is 4.74 Å². The van der Waals surface area contributed by atoms with Gasteiger partial charge in [-0.05, 0) is 79.4 Å². The zero-order valence-electron chi connectivity index (χ0n) is 20.4. The molecule has 0 spiro atoms. The predicted molar refractivity (Wildman–Crippen MR) is 146 cm³/mol. The first-order chi connectivity index (χ1) is 17.1. The molecule has 0 radical (unpaired) electrons. The van der Waals surface area contributed by atoms with Crippen molar-refractivity contribution < 1.29 is 4.74 Å². The summed E-state index contributed by atoms with van der Waals surface area (Å²) in [5.41, 5.74) is 3.98. The molecule has 35 heavy (non-hydrogen) atoms. The molecule has 0 N–H and O–H groups in total. The van der Waals surface area contributed by atoms with Gasteiger partial charge >= 0.3 is 0 Å². The van der Waals surface area contributed by atoms with Crippen molar-refractivity contribution in [3.05, 3.63) is 76.3 Å². The molecule has 0 aromatic heterocycles. The molecule has 0 aliphatic rings. The van der Waals surface area contributed by atoms with Gasteiger partial charge in [-0.25, -0.2) is 0 Å². The quantitative estimate of drug-likeness (QED) is 0.166. The van der Waals surface area contributed by atoms with Gasteiger partial charge in [0.2, 0.25) is 0 Å². The van der Waals surface area contributed by atoms with Crippen LogP contribution in [0.5, 0.6) is 5.75 Å². The normalized spacial score (nSPS) is 11.5. The number of benzene rings is 3. The van der Waals surface area contributed by atoms with E-state index in [1.807, 2.05) is 54.6 Å². The second-order valence-electron chi connectivity index (χ2n) is 8.32. The summed E-state index contributed by atoms with van der Waals surface area (Å²) in [4.78, 5) is 0. The molecule has 3 aromatic rings. The Morgan fingerprint density at radius 3 is 1.69 bits per heavy atom. The van der Waals surface area contributed by atoms with Crippen LogP contribution in [0.4, 0.5) is 22.7 Å². The van der Waals surface area contributed by atoms with E-state index in [1.165, 1.54) is 12.8 Å². The first-order valence-electron chi connectivity index (χ1n) is 12.2. The molecular weight excluding hydrogens is 479 g/mol. The van der Waals surface area contributed by atoms with Gasteiger partial charge in [0.15, 0.2) is 0 Å². The number of unbranched alkanes of at least 4 members (excludes halogenated alkanes) is 4. The molecule has 0 fully saturated rings. The second-order valence-corrected chi connectivity index (χ2v) is 9.13. The van der Waals surface area contributed by atoms with Crippen molar-refractivity contribution in [2.75, 3.05) is 6.61 Å². The number of hydrogen-bond donors (Lipinski definition) is 0. The van der Waals surface area contributed by atoms with Crippen LogP contribution in [0.25, 0.3) is 0 Å². The summed E-state index contributed by atoms with van der Waals surface area (Å²) in [6, 6.07) is 18.6. The molecule has 0 unspecified atom stereocenters. The summed E-state index contributed by atoms with van der Waals surface area (Å²) >= 11 is 12.7. The van der Waals surface area contributed by atoms with E-state index in [2.05, 4.69) is 34.3 Å². The molecule has 0 atom stereocenters. The highest BCUT2D eigenvalue weighted by atomic mass is 35.5. The van der Waals surface area contributed by atoms with E-state index in [1.54, 1.807) is 6.07 Å². The largest absolute Gasteiger partial charge is 0.492 e. The SMILES string of the molecule is CCCCCOc1ccc(N=Nc2ccc(N=Nc3ccc(CCCCC)c(Cl)c3)cc2)cc1Cl. The van der Waals surface area contributed by atoms with Crippen LogP contribution in [0, 0.1) is 0 Å². The Hall–Kier alpha value is -2.76. The maximum absolute atomic E-state index is 6.41. The highest BCUT2D eigenvalue weighted by molar-refractivity contribution is 6.32. The zero-order valence-corrected chi connectivity index (χ0v) is 21.9. The molecule has 0 saturated heterocycles. The molecule has 3 aromatic carbocycles. The first-order valence-corrected chi connectivity index (χ1v) is 13.0.